The van der Waals surface area contributed by atoms with Crippen LogP contribution in [0.5, 0.6) is 0 Å². The zero-order valence-electron chi connectivity index (χ0n) is 12.4. The Morgan fingerprint density at radius 1 is 0.688 bits per heavy atom. The maximum Gasteiger partial charge on any atom is 0.101 e. The fourth-order valence-corrected chi connectivity index (χ4v) is 13.6. The summed E-state index contributed by atoms with van der Waals surface area (Å²) >= 11 is 0. The van der Waals surface area contributed by atoms with Crippen molar-refractivity contribution >= 4 is 16.1 Å². The van der Waals surface area contributed by atoms with Crippen LogP contribution in [0.2, 0.25) is 26.2 Å². The highest BCUT2D eigenvalue weighted by molar-refractivity contribution is 7.01. The lowest BCUT2D eigenvalue weighted by molar-refractivity contribution is 1.06. The zero-order chi connectivity index (χ0) is 12.7. The van der Waals surface area contributed by atoms with Crippen LogP contribution in [0.1, 0.15) is 40.5 Å². The maximum atomic E-state index is 2.55. The highest BCUT2D eigenvalue weighted by Gasteiger charge is 2.42. The molecule has 1 aliphatic heterocycles. The summed E-state index contributed by atoms with van der Waals surface area (Å²) in [6.07, 6.45) is 2.56. The van der Waals surface area contributed by atoms with Crippen LogP contribution in [0.15, 0.2) is 20.8 Å². The van der Waals surface area contributed by atoms with Crippen LogP contribution >= 0.6 is 0 Å². The summed E-state index contributed by atoms with van der Waals surface area (Å²) in [4.78, 5) is 0. The van der Waals surface area contributed by atoms with E-state index in [4.69, 9.17) is 0 Å². The van der Waals surface area contributed by atoms with Crippen molar-refractivity contribution in [3.8, 4) is 0 Å². The molecule has 0 nitrogen and oxygen atoms in total. The monoisotopic (exact) mass is 252 g/mol. The second-order valence-electron chi connectivity index (χ2n) is 6.16. The van der Waals surface area contributed by atoms with E-state index < -0.39 is 16.1 Å². The first-order chi connectivity index (χ1) is 7.21. The van der Waals surface area contributed by atoms with Gasteiger partial charge in [0.2, 0.25) is 0 Å². The fourth-order valence-electron chi connectivity index (χ4n) is 3.46. The predicted molar refractivity (Wildman–Crippen MR) is 80.9 cm³/mol. The van der Waals surface area contributed by atoms with Crippen LogP contribution in [0.3, 0.4) is 0 Å². The lowest BCUT2D eigenvalue weighted by Gasteiger charge is -2.43. The van der Waals surface area contributed by atoms with Crippen molar-refractivity contribution < 1.29 is 0 Å². The van der Waals surface area contributed by atoms with Crippen LogP contribution < -0.4 is 0 Å². The van der Waals surface area contributed by atoms with E-state index in [9.17, 15) is 0 Å². The molecule has 0 atom stereocenters. The van der Waals surface area contributed by atoms with Crippen molar-refractivity contribution in [3.63, 3.8) is 0 Å². The summed E-state index contributed by atoms with van der Waals surface area (Å²) in [5, 5.41) is 7.29. The molecular weight excluding hydrogens is 224 g/mol. The summed E-state index contributed by atoms with van der Waals surface area (Å²) in [5.74, 6) is 0. The Morgan fingerprint density at radius 3 is 1.12 bits per heavy atom. The van der Waals surface area contributed by atoms with Gasteiger partial charge in [0.1, 0.15) is 16.1 Å². The molecule has 1 rings (SSSR count). The van der Waals surface area contributed by atoms with Gasteiger partial charge in [-0.2, -0.15) is 0 Å². The summed E-state index contributed by atoms with van der Waals surface area (Å²) < 4.78 is 0. The smallest absolute Gasteiger partial charge is 0.0839 e. The highest BCUT2D eigenvalue weighted by atomic mass is 28.3. The molecule has 0 fully saturated rings. The van der Waals surface area contributed by atoms with Crippen molar-refractivity contribution in [2.45, 2.75) is 66.7 Å². The standard InChI is InChI=1S/C14H28Si2/c1-9-13-14(10-2)16(7,8)12(4)11(3)15(13,5)6/h9-10H2,1-8H3. The number of hydrogen-bond acceptors (Lipinski definition) is 0. The lowest BCUT2D eigenvalue weighted by Crippen LogP contribution is -2.46. The van der Waals surface area contributed by atoms with E-state index in [2.05, 4.69) is 53.9 Å². The van der Waals surface area contributed by atoms with Crippen molar-refractivity contribution in [2.75, 3.05) is 0 Å². The molecule has 0 unspecified atom stereocenters. The molecule has 0 spiro atoms. The molecule has 0 amide bonds. The maximum absolute atomic E-state index is 2.55. The summed E-state index contributed by atoms with van der Waals surface area (Å²) in [7, 11) is -2.53. The third-order valence-corrected chi connectivity index (χ3v) is 14.3. The highest BCUT2D eigenvalue weighted by Crippen LogP contribution is 2.43. The fraction of sp³-hybridized carbons (Fsp3) is 0.714. The Balaban J connectivity index is 3.51. The summed E-state index contributed by atoms with van der Waals surface area (Å²) in [6, 6.07) is 0. The van der Waals surface area contributed by atoms with Gasteiger partial charge in [0.05, 0.1) is 0 Å². The van der Waals surface area contributed by atoms with Crippen molar-refractivity contribution in [3.05, 3.63) is 20.8 Å². The van der Waals surface area contributed by atoms with E-state index >= 15 is 0 Å². The molecule has 1 heterocycles. The van der Waals surface area contributed by atoms with E-state index in [-0.39, 0.29) is 0 Å². The van der Waals surface area contributed by atoms with Gasteiger partial charge in [0.15, 0.2) is 0 Å². The Morgan fingerprint density at radius 2 is 0.938 bits per heavy atom. The normalized spacial score (nSPS) is 24.0. The average Bonchev–Trinajstić information content (AvgIpc) is 2.20. The first kappa shape index (κ1) is 14.0. The SMILES string of the molecule is CCC1=C(CC)[Si](C)(C)C(C)=C(C)[Si]1(C)C. The van der Waals surface area contributed by atoms with Crippen LogP contribution in [0.4, 0.5) is 0 Å². The second-order valence-corrected chi connectivity index (χ2v) is 15.4. The number of rotatable bonds is 2. The molecule has 92 valence electrons. The molecule has 0 aliphatic carbocycles. The van der Waals surface area contributed by atoms with E-state index in [0.29, 0.717) is 0 Å². The number of allylic oxidation sites excluding steroid dienone is 4. The van der Waals surface area contributed by atoms with Crippen molar-refractivity contribution in [1.29, 1.82) is 0 Å². The average molecular weight is 253 g/mol. The minimum Gasteiger partial charge on any atom is -0.0839 e. The number of hydrogen-bond donors (Lipinski definition) is 0. The Bertz CT molecular complexity index is 323. The van der Waals surface area contributed by atoms with Crippen LogP contribution in [-0.4, -0.2) is 16.1 Å². The van der Waals surface area contributed by atoms with Crippen molar-refractivity contribution in [1.82, 2.24) is 0 Å². The zero-order valence-corrected chi connectivity index (χ0v) is 14.4. The molecule has 0 saturated carbocycles. The topological polar surface area (TPSA) is 0 Å². The first-order valence-corrected chi connectivity index (χ1v) is 12.6. The largest absolute Gasteiger partial charge is 0.101 e. The van der Waals surface area contributed by atoms with Gasteiger partial charge < -0.3 is 0 Å². The molecule has 16 heavy (non-hydrogen) atoms. The molecule has 0 bridgehead atoms. The molecular formula is C14H28Si2. The molecule has 0 aromatic heterocycles. The van der Waals surface area contributed by atoms with E-state index in [1.54, 1.807) is 10.4 Å². The van der Waals surface area contributed by atoms with Crippen LogP contribution in [0, 0.1) is 0 Å². The van der Waals surface area contributed by atoms with E-state index in [0.717, 1.165) is 0 Å². The summed E-state index contributed by atoms with van der Waals surface area (Å²) in [5.41, 5.74) is 0. The van der Waals surface area contributed by atoms with Gasteiger partial charge in [0, 0.05) is 0 Å². The summed E-state index contributed by atoms with van der Waals surface area (Å²) in [6.45, 7) is 19.7. The molecule has 2 heteroatoms. The van der Waals surface area contributed by atoms with Gasteiger partial charge in [-0.15, -0.1) is 0 Å². The third-order valence-electron chi connectivity index (χ3n) is 5.02. The van der Waals surface area contributed by atoms with Gasteiger partial charge in [0.25, 0.3) is 0 Å². The molecule has 1 aliphatic rings. The van der Waals surface area contributed by atoms with Gasteiger partial charge >= 0.3 is 0 Å². The van der Waals surface area contributed by atoms with Gasteiger partial charge in [-0.3, -0.25) is 0 Å². The van der Waals surface area contributed by atoms with E-state index in [1.165, 1.54) is 12.8 Å². The Hall–Kier alpha value is -0.0862. The van der Waals surface area contributed by atoms with Gasteiger partial charge in [-0.05, 0) is 26.7 Å². The molecule has 0 N–H and O–H groups in total. The predicted octanol–water partition coefficient (Wildman–Crippen LogP) is 5.03. The molecule has 0 saturated heterocycles. The molecule has 0 aromatic carbocycles. The van der Waals surface area contributed by atoms with Crippen molar-refractivity contribution in [2.24, 2.45) is 0 Å². The second kappa shape index (κ2) is 4.30. The Kier molecular flexibility index (Phi) is 3.76. The van der Waals surface area contributed by atoms with Gasteiger partial charge in [-0.25, -0.2) is 0 Å². The van der Waals surface area contributed by atoms with E-state index in [1.807, 2.05) is 10.4 Å². The molecule has 0 radical (unpaired) electrons. The minimum atomic E-state index is -1.27. The quantitative estimate of drug-likeness (QED) is 0.605. The van der Waals surface area contributed by atoms with Gasteiger partial charge in [-0.1, -0.05) is 60.8 Å². The first-order valence-electron chi connectivity index (χ1n) is 6.62. The third kappa shape index (κ3) is 1.80. The lowest BCUT2D eigenvalue weighted by atomic mass is 10.3. The molecule has 0 aromatic rings. The van der Waals surface area contributed by atoms with Crippen LogP contribution in [0.25, 0.3) is 0 Å². The minimum absolute atomic E-state index is 1.27. The Labute approximate surface area is 104 Å². The van der Waals surface area contributed by atoms with Crippen LogP contribution in [-0.2, 0) is 0 Å².